The first-order chi connectivity index (χ1) is 8.13. The molecule has 0 aromatic carbocycles. The van der Waals surface area contributed by atoms with Crippen molar-refractivity contribution in [1.29, 1.82) is 0 Å². The molecule has 96 valence electrons. The smallest absolute Gasteiger partial charge is 0.267 e. The van der Waals surface area contributed by atoms with Gasteiger partial charge >= 0.3 is 0 Å². The van der Waals surface area contributed by atoms with E-state index in [1.54, 1.807) is 18.3 Å². The minimum absolute atomic E-state index is 0.0818. The fourth-order valence-electron chi connectivity index (χ4n) is 1.96. The van der Waals surface area contributed by atoms with Gasteiger partial charge in [0.1, 0.15) is 5.69 Å². The van der Waals surface area contributed by atoms with Gasteiger partial charge in [0.05, 0.1) is 0 Å². The summed E-state index contributed by atoms with van der Waals surface area (Å²) in [5.74, 6) is 0.842. The zero-order chi connectivity index (χ0) is 12.7. The predicted molar refractivity (Wildman–Crippen MR) is 67.8 cm³/mol. The van der Waals surface area contributed by atoms with Crippen LogP contribution in [0, 0.1) is 11.8 Å². The van der Waals surface area contributed by atoms with Crippen molar-refractivity contribution in [2.24, 2.45) is 11.8 Å². The maximum absolute atomic E-state index is 11.7. The van der Waals surface area contributed by atoms with Gasteiger partial charge < -0.3 is 15.4 Å². The van der Waals surface area contributed by atoms with Crippen molar-refractivity contribution in [2.45, 2.75) is 26.7 Å². The molecule has 1 atom stereocenters. The molecule has 0 saturated carbocycles. The van der Waals surface area contributed by atoms with Crippen LogP contribution in [0.2, 0.25) is 0 Å². The Balaban J connectivity index is 2.38. The second kappa shape index (κ2) is 7.12. The highest BCUT2D eigenvalue weighted by Crippen LogP contribution is 2.14. The summed E-state index contributed by atoms with van der Waals surface area (Å²) in [6, 6.07) is 3.55. The summed E-state index contributed by atoms with van der Waals surface area (Å²) in [6.07, 6.45) is 3.49. The average Bonchev–Trinajstić information content (AvgIpc) is 2.78. The van der Waals surface area contributed by atoms with E-state index in [0.29, 0.717) is 24.1 Å². The Morgan fingerprint density at radius 3 is 2.82 bits per heavy atom. The molecule has 4 nitrogen and oxygen atoms in total. The molecule has 1 unspecified atom stereocenters. The number of nitrogens with one attached hydrogen (secondary N) is 2. The number of H-pyrrole nitrogens is 1. The van der Waals surface area contributed by atoms with Crippen molar-refractivity contribution in [3.05, 3.63) is 24.0 Å². The van der Waals surface area contributed by atoms with E-state index in [0.717, 1.165) is 12.8 Å². The van der Waals surface area contributed by atoms with Crippen molar-refractivity contribution in [3.8, 4) is 0 Å². The number of hydrogen-bond donors (Lipinski definition) is 3. The van der Waals surface area contributed by atoms with Gasteiger partial charge in [0, 0.05) is 19.3 Å². The highest BCUT2D eigenvalue weighted by molar-refractivity contribution is 5.92. The molecule has 3 N–H and O–H groups in total. The van der Waals surface area contributed by atoms with Crippen LogP contribution in [0.4, 0.5) is 0 Å². The molecule has 1 amide bonds. The minimum Gasteiger partial charge on any atom is -0.396 e. The molecule has 17 heavy (non-hydrogen) atoms. The first-order valence-corrected chi connectivity index (χ1v) is 6.16. The van der Waals surface area contributed by atoms with Crippen LogP contribution in [0.15, 0.2) is 18.3 Å². The Morgan fingerprint density at radius 2 is 2.29 bits per heavy atom. The van der Waals surface area contributed by atoms with Gasteiger partial charge in [0.25, 0.3) is 5.91 Å². The lowest BCUT2D eigenvalue weighted by Crippen LogP contribution is -2.30. The molecule has 0 spiro atoms. The van der Waals surface area contributed by atoms with Gasteiger partial charge in [-0.2, -0.15) is 0 Å². The van der Waals surface area contributed by atoms with Crippen LogP contribution in [0.3, 0.4) is 0 Å². The zero-order valence-electron chi connectivity index (χ0n) is 10.6. The second-order valence-electron chi connectivity index (χ2n) is 4.80. The van der Waals surface area contributed by atoms with E-state index in [4.69, 9.17) is 5.11 Å². The Bertz CT molecular complexity index is 320. The first kappa shape index (κ1) is 13.8. The van der Waals surface area contributed by atoms with E-state index in [1.165, 1.54) is 0 Å². The lowest BCUT2D eigenvalue weighted by molar-refractivity contribution is 0.0937. The number of rotatable bonds is 7. The number of aromatic nitrogens is 1. The van der Waals surface area contributed by atoms with Gasteiger partial charge in [-0.25, -0.2) is 0 Å². The third-order valence-corrected chi connectivity index (χ3v) is 2.74. The first-order valence-electron chi connectivity index (χ1n) is 6.16. The Labute approximate surface area is 102 Å². The quantitative estimate of drug-likeness (QED) is 0.678. The number of aliphatic hydroxyl groups is 1. The Kier molecular flexibility index (Phi) is 5.77. The van der Waals surface area contributed by atoms with E-state index in [1.807, 2.05) is 0 Å². The summed E-state index contributed by atoms with van der Waals surface area (Å²) in [6.45, 7) is 5.10. The lowest BCUT2D eigenvalue weighted by atomic mass is 9.94. The fraction of sp³-hybridized carbons (Fsp3) is 0.615. The summed E-state index contributed by atoms with van der Waals surface area (Å²) in [4.78, 5) is 14.6. The van der Waals surface area contributed by atoms with Crippen molar-refractivity contribution < 1.29 is 9.90 Å². The highest BCUT2D eigenvalue weighted by atomic mass is 16.3. The van der Waals surface area contributed by atoms with Crippen LogP contribution in [0.5, 0.6) is 0 Å². The van der Waals surface area contributed by atoms with Gasteiger partial charge in [-0.15, -0.1) is 0 Å². The summed E-state index contributed by atoms with van der Waals surface area (Å²) in [5.41, 5.74) is 0.581. The number of hydrogen-bond acceptors (Lipinski definition) is 2. The topological polar surface area (TPSA) is 65.1 Å². The van der Waals surface area contributed by atoms with Gasteiger partial charge in [-0.3, -0.25) is 4.79 Å². The molecule has 1 rings (SSSR count). The molecule has 0 radical (unpaired) electrons. The molecule has 1 aromatic heterocycles. The zero-order valence-corrected chi connectivity index (χ0v) is 10.6. The van der Waals surface area contributed by atoms with Crippen molar-refractivity contribution in [1.82, 2.24) is 10.3 Å². The maximum atomic E-state index is 11.7. The van der Waals surface area contributed by atoms with Gasteiger partial charge in [0.15, 0.2) is 0 Å². The summed E-state index contributed by atoms with van der Waals surface area (Å²) < 4.78 is 0. The van der Waals surface area contributed by atoms with Crippen LogP contribution in [0.1, 0.15) is 37.2 Å². The van der Waals surface area contributed by atoms with E-state index >= 15 is 0 Å². The molecular formula is C13H22N2O2. The molecule has 1 heterocycles. The fourth-order valence-corrected chi connectivity index (χ4v) is 1.96. The van der Waals surface area contributed by atoms with Crippen LogP contribution in [-0.2, 0) is 0 Å². The number of carbonyl (C=O) groups is 1. The highest BCUT2D eigenvalue weighted by Gasteiger charge is 2.13. The minimum atomic E-state index is -0.0818. The SMILES string of the molecule is CC(C)CC(CCO)CNC(=O)c1ccc[nH]1. The van der Waals surface area contributed by atoms with Crippen LogP contribution in [-0.4, -0.2) is 29.1 Å². The van der Waals surface area contributed by atoms with Crippen LogP contribution < -0.4 is 5.32 Å². The number of aliphatic hydroxyl groups excluding tert-OH is 1. The largest absolute Gasteiger partial charge is 0.396 e. The Morgan fingerprint density at radius 1 is 1.53 bits per heavy atom. The van der Waals surface area contributed by atoms with Gasteiger partial charge in [0.2, 0.25) is 0 Å². The van der Waals surface area contributed by atoms with Gasteiger partial charge in [-0.05, 0) is 36.8 Å². The van der Waals surface area contributed by atoms with E-state index < -0.39 is 0 Å². The maximum Gasteiger partial charge on any atom is 0.267 e. The van der Waals surface area contributed by atoms with Crippen molar-refractivity contribution in [2.75, 3.05) is 13.2 Å². The molecule has 0 saturated heterocycles. The number of carbonyl (C=O) groups excluding carboxylic acids is 1. The van der Waals surface area contributed by atoms with Crippen molar-refractivity contribution in [3.63, 3.8) is 0 Å². The van der Waals surface area contributed by atoms with Crippen LogP contribution in [0.25, 0.3) is 0 Å². The molecule has 0 aliphatic carbocycles. The normalized spacial score (nSPS) is 12.7. The molecule has 4 heteroatoms. The lowest BCUT2D eigenvalue weighted by Gasteiger charge is -2.18. The average molecular weight is 238 g/mol. The monoisotopic (exact) mass is 238 g/mol. The molecule has 0 fully saturated rings. The molecule has 0 aliphatic rings. The summed E-state index contributed by atoms with van der Waals surface area (Å²) >= 11 is 0. The summed E-state index contributed by atoms with van der Waals surface area (Å²) in [7, 11) is 0. The molecule has 0 bridgehead atoms. The number of aromatic amines is 1. The van der Waals surface area contributed by atoms with Crippen molar-refractivity contribution >= 4 is 5.91 Å². The number of amides is 1. The van der Waals surface area contributed by atoms with Crippen LogP contribution >= 0.6 is 0 Å². The second-order valence-corrected chi connectivity index (χ2v) is 4.80. The van der Waals surface area contributed by atoms with E-state index in [2.05, 4.69) is 24.1 Å². The standard InChI is InChI=1S/C13H22N2O2/c1-10(2)8-11(5-7-16)9-15-13(17)12-4-3-6-14-12/h3-4,6,10-11,14,16H,5,7-9H2,1-2H3,(H,15,17). The van der Waals surface area contributed by atoms with Gasteiger partial charge in [-0.1, -0.05) is 13.8 Å². The molecular weight excluding hydrogens is 216 g/mol. The van der Waals surface area contributed by atoms with E-state index in [-0.39, 0.29) is 12.5 Å². The third-order valence-electron chi connectivity index (χ3n) is 2.74. The Hall–Kier alpha value is -1.29. The molecule has 1 aromatic rings. The summed E-state index contributed by atoms with van der Waals surface area (Å²) in [5, 5.41) is 11.9. The third kappa shape index (κ3) is 5.04. The molecule has 0 aliphatic heterocycles. The van der Waals surface area contributed by atoms with E-state index in [9.17, 15) is 4.79 Å². The predicted octanol–water partition coefficient (Wildman–Crippen LogP) is 1.79.